The highest BCUT2D eigenvalue weighted by Gasteiger charge is 2.00. The molecular formula is C6H7N3S. The summed E-state index contributed by atoms with van der Waals surface area (Å²) in [6, 6.07) is 0. The van der Waals surface area contributed by atoms with Crippen molar-refractivity contribution in [2.75, 3.05) is 19.0 Å². The lowest BCUT2D eigenvalue weighted by molar-refractivity contribution is 1.11. The SMILES string of the molecule is [C-]#[N+]c1cnc(N(C)C)s1. The van der Waals surface area contributed by atoms with Crippen LogP contribution in [0.3, 0.4) is 0 Å². The lowest BCUT2D eigenvalue weighted by Gasteiger charge is -2.05. The molecule has 0 aromatic carbocycles. The van der Waals surface area contributed by atoms with Crippen molar-refractivity contribution in [3.8, 4) is 0 Å². The van der Waals surface area contributed by atoms with Gasteiger partial charge in [-0.05, 0) is 0 Å². The summed E-state index contributed by atoms with van der Waals surface area (Å²) in [4.78, 5) is 9.16. The third-order valence-corrected chi connectivity index (χ3v) is 2.03. The highest BCUT2D eigenvalue weighted by Crippen LogP contribution is 2.26. The van der Waals surface area contributed by atoms with Crippen LogP contribution in [-0.2, 0) is 0 Å². The largest absolute Gasteiger partial charge is 0.355 e. The molecule has 4 heteroatoms. The Kier molecular flexibility index (Phi) is 1.88. The van der Waals surface area contributed by atoms with E-state index in [0.29, 0.717) is 5.00 Å². The van der Waals surface area contributed by atoms with Gasteiger partial charge in [-0.2, -0.15) is 0 Å². The first-order chi connectivity index (χ1) is 4.74. The molecule has 0 N–H and O–H groups in total. The third kappa shape index (κ3) is 1.25. The van der Waals surface area contributed by atoms with E-state index in [9.17, 15) is 0 Å². The topological polar surface area (TPSA) is 20.5 Å². The van der Waals surface area contributed by atoms with E-state index in [0.717, 1.165) is 5.13 Å². The number of nitrogens with zero attached hydrogens (tertiary/aromatic N) is 3. The summed E-state index contributed by atoms with van der Waals surface area (Å²) in [7, 11) is 3.82. The maximum absolute atomic E-state index is 6.67. The maximum atomic E-state index is 6.67. The first-order valence-electron chi connectivity index (χ1n) is 2.74. The van der Waals surface area contributed by atoms with Gasteiger partial charge in [0.15, 0.2) is 5.13 Å². The molecular weight excluding hydrogens is 146 g/mol. The summed E-state index contributed by atoms with van der Waals surface area (Å²) in [5.41, 5.74) is 0. The summed E-state index contributed by atoms with van der Waals surface area (Å²) in [6.07, 6.45) is 1.59. The van der Waals surface area contributed by atoms with Crippen molar-refractivity contribution in [1.82, 2.24) is 4.98 Å². The predicted molar refractivity (Wildman–Crippen MR) is 42.7 cm³/mol. The van der Waals surface area contributed by atoms with Crippen molar-refractivity contribution in [3.63, 3.8) is 0 Å². The molecule has 0 amide bonds. The highest BCUT2D eigenvalue weighted by molar-refractivity contribution is 7.19. The van der Waals surface area contributed by atoms with E-state index in [1.54, 1.807) is 6.20 Å². The smallest absolute Gasteiger partial charge is 0.262 e. The van der Waals surface area contributed by atoms with Gasteiger partial charge in [-0.25, -0.2) is 9.83 Å². The minimum absolute atomic E-state index is 0.642. The van der Waals surface area contributed by atoms with Crippen molar-refractivity contribution in [2.24, 2.45) is 0 Å². The number of thiazole rings is 1. The van der Waals surface area contributed by atoms with E-state index in [4.69, 9.17) is 6.57 Å². The third-order valence-electron chi connectivity index (χ3n) is 0.974. The number of rotatable bonds is 1. The molecule has 1 aromatic heterocycles. The molecule has 1 rings (SSSR count). The summed E-state index contributed by atoms with van der Waals surface area (Å²) < 4.78 is 0. The van der Waals surface area contributed by atoms with Crippen LogP contribution in [0.1, 0.15) is 0 Å². The van der Waals surface area contributed by atoms with Crippen molar-refractivity contribution in [2.45, 2.75) is 0 Å². The lowest BCUT2D eigenvalue weighted by Crippen LogP contribution is -2.07. The zero-order chi connectivity index (χ0) is 7.56. The van der Waals surface area contributed by atoms with E-state index in [2.05, 4.69) is 9.83 Å². The van der Waals surface area contributed by atoms with Crippen LogP contribution in [0.4, 0.5) is 10.1 Å². The zero-order valence-corrected chi connectivity index (χ0v) is 6.64. The first-order valence-corrected chi connectivity index (χ1v) is 3.56. The molecule has 10 heavy (non-hydrogen) atoms. The Morgan fingerprint density at radius 2 is 2.40 bits per heavy atom. The van der Waals surface area contributed by atoms with E-state index < -0.39 is 0 Å². The van der Waals surface area contributed by atoms with Gasteiger partial charge < -0.3 is 4.90 Å². The van der Waals surface area contributed by atoms with Crippen LogP contribution in [0.2, 0.25) is 0 Å². The van der Waals surface area contributed by atoms with Crippen LogP contribution in [0.5, 0.6) is 0 Å². The van der Waals surface area contributed by atoms with Crippen LogP contribution in [-0.4, -0.2) is 19.1 Å². The van der Waals surface area contributed by atoms with Crippen molar-refractivity contribution in [3.05, 3.63) is 17.6 Å². The molecule has 0 aliphatic carbocycles. The van der Waals surface area contributed by atoms with Crippen molar-refractivity contribution < 1.29 is 0 Å². The molecule has 0 bridgehead atoms. The number of hydrogen-bond acceptors (Lipinski definition) is 3. The molecule has 0 unspecified atom stereocenters. The average molecular weight is 153 g/mol. The van der Waals surface area contributed by atoms with Gasteiger partial charge >= 0.3 is 0 Å². The lowest BCUT2D eigenvalue weighted by atomic mass is 10.8. The van der Waals surface area contributed by atoms with Gasteiger partial charge in [-0.3, -0.25) is 0 Å². The summed E-state index contributed by atoms with van der Waals surface area (Å²) >= 11 is 1.40. The Balaban J connectivity index is 2.91. The van der Waals surface area contributed by atoms with Crippen molar-refractivity contribution >= 4 is 21.5 Å². The van der Waals surface area contributed by atoms with Crippen LogP contribution >= 0.6 is 11.3 Å². The fourth-order valence-electron chi connectivity index (χ4n) is 0.515. The van der Waals surface area contributed by atoms with Crippen LogP contribution in [0, 0.1) is 6.57 Å². The Morgan fingerprint density at radius 1 is 1.70 bits per heavy atom. The van der Waals surface area contributed by atoms with Gasteiger partial charge in [0.05, 0.1) is 6.57 Å². The molecule has 0 saturated carbocycles. The molecule has 0 saturated heterocycles. The van der Waals surface area contributed by atoms with Crippen molar-refractivity contribution in [1.29, 1.82) is 0 Å². The molecule has 0 atom stereocenters. The van der Waals surface area contributed by atoms with E-state index in [-0.39, 0.29) is 0 Å². The van der Waals surface area contributed by atoms with E-state index in [1.807, 2.05) is 19.0 Å². The van der Waals surface area contributed by atoms with Crippen LogP contribution in [0.15, 0.2) is 6.20 Å². The maximum Gasteiger partial charge on any atom is 0.262 e. The summed E-state index contributed by atoms with van der Waals surface area (Å²) in [6.45, 7) is 6.67. The highest BCUT2D eigenvalue weighted by atomic mass is 32.1. The number of anilines is 1. The number of aromatic nitrogens is 1. The Labute approximate surface area is 63.7 Å². The normalized spacial score (nSPS) is 8.90. The fourth-order valence-corrected chi connectivity index (χ4v) is 1.14. The summed E-state index contributed by atoms with van der Waals surface area (Å²) in [5, 5.41) is 1.52. The average Bonchev–Trinajstić information content (AvgIpc) is 2.34. The van der Waals surface area contributed by atoms with Gasteiger partial charge in [-0.15, -0.1) is 11.3 Å². The van der Waals surface area contributed by atoms with E-state index in [1.165, 1.54) is 11.3 Å². The molecule has 0 aliphatic heterocycles. The minimum atomic E-state index is 0.642. The summed E-state index contributed by atoms with van der Waals surface area (Å²) in [5.74, 6) is 0. The van der Waals surface area contributed by atoms with Gasteiger partial charge in [0.1, 0.15) is 0 Å². The number of hydrogen-bond donors (Lipinski definition) is 0. The van der Waals surface area contributed by atoms with Gasteiger partial charge in [0, 0.05) is 20.3 Å². The molecule has 0 aliphatic rings. The fraction of sp³-hybridized carbons (Fsp3) is 0.333. The molecule has 1 aromatic rings. The Hall–Kier alpha value is -1.08. The second-order valence-corrected chi connectivity index (χ2v) is 2.97. The standard InChI is InChI=1S/C6H7N3S/c1-7-5-4-8-6(10-5)9(2)3/h4H,2-3H3. The second-order valence-electron chi connectivity index (χ2n) is 1.99. The van der Waals surface area contributed by atoms with E-state index >= 15 is 0 Å². The van der Waals surface area contributed by atoms with Gasteiger partial charge in [0.2, 0.25) is 0 Å². The molecule has 0 radical (unpaired) electrons. The molecule has 3 nitrogen and oxygen atoms in total. The monoisotopic (exact) mass is 153 g/mol. The van der Waals surface area contributed by atoms with Gasteiger partial charge in [-0.1, -0.05) is 0 Å². The van der Waals surface area contributed by atoms with Gasteiger partial charge in [0.25, 0.3) is 5.00 Å². The molecule has 1 heterocycles. The predicted octanol–water partition coefficient (Wildman–Crippen LogP) is 1.76. The minimum Gasteiger partial charge on any atom is -0.355 e. The quantitative estimate of drug-likeness (QED) is 0.573. The Morgan fingerprint density at radius 3 is 2.70 bits per heavy atom. The van der Waals surface area contributed by atoms with Crippen LogP contribution in [0.25, 0.3) is 4.85 Å². The second kappa shape index (κ2) is 2.67. The Bertz CT molecular complexity index is 258. The molecule has 0 fully saturated rings. The zero-order valence-electron chi connectivity index (χ0n) is 5.83. The molecule has 0 spiro atoms. The molecule has 52 valence electrons. The van der Waals surface area contributed by atoms with Crippen LogP contribution < -0.4 is 4.90 Å². The first kappa shape index (κ1) is 7.03.